The van der Waals surface area contributed by atoms with E-state index in [9.17, 15) is 38.4 Å². The summed E-state index contributed by atoms with van der Waals surface area (Å²) < 4.78 is 40.3. The van der Waals surface area contributed by atoms with Gasteiger partial charge >= 0.3 is 35.8 Å². The lowest BCUT2D eigenvalue weighted by molar-refractivity contribution is -0.225. The minimum absolute atomic E-state index is 0.0114. The van der Waals surface area contributed by atoms with E-state index in [1.807, 2.05) is 12.4 Å². The van der Waals surface area contributed by atoms with Gasteiger partial charge in [0.25, 0.3) is 0 Å². The minimum Gasteiger partial charge on any atom is -0.461 e. The largest absolute Gasteiger partial charge is 0.461 e. The number of aryl methyl sites for hydroxylation is 2. The number of ether oxygens (including phenoxy) is 6. The van der Waals surface area contributed by atoms with Crippen LogP contribution in [-0.2, 0) is 93.0 Å². The summed E-state index contributed by atoms with van der Waals surface area (Å²) in [5, 5.41) is 23.3. The van der Waals surface area contributed by atoms with Gasteiger partial charge in [-0.1, -0.05) is 52.0 Å². The number of esters is 6. The third kappa shape index (κ3) is 15.4. The Hall–Kier alpha value is -6.20. The van der Waals surface area contributed by atoms with Gasteiger partial charge in [0.1, 0.15) is 48.0 Å². The molecule has 0 aromatic carbocycles. The number of carbonyl (C=O) groups excluding carboxylic acids is 8. The zero-order valence-electron chi connectivity index (χ0n) is 57.9. The summed E-state index contributed by atoms with van der Waals surface area (Å²) in [6.07, 6.45) is 13.8. The first kappa shape index (κ1) is 73.5. The van der Waals surface area contributed by atoms with Gasteiger partial charge in [0.15, 0.2) is 0 Å². The van der Waals surface area contributed by atoms with Crippen molar-refractivity contribution in [2.24, 2.45) is 127 Å². The van der Waals surface area contributed by atoms with Crippen LogP contribution in [0.15, 0.2) is 12.4 Å². The third-order valence-corrected chi connectivity index (χ3v) is 26.1. The van der Waals surface area contributed by atoms with Crippen LogP contribution in [0.3, 0.4) is 0 Å². The second kappa shape index (κ2) is 31.1. The predicted molar refractivity (Wildman–Crippen MR) is 351 cm³/mol. The molecule has 28 nitrogen and oxygen atoms in total. The second-order valence-electron chi connectivity index (χ2n) is 30.9. The number of fused-ring (bicyclic) bond motifs is 10. The van der Waals surface area contributed by atoms with Gasteiger partial charge in [-0.25, -0.2) is 0 Å². The van der Waals surface area contributed by atoms with Crippen LogP contribution in [0.4, 0.5) is 0 Å². The van der Waals surface area contributed by atoms with Crippen molar-refractivity contribution >= 4 is 47.6 Å². The molecule has 2 aromatic heterocycles. The first-order valence-corrected chi connectivity index (χ1v) is 36.0. The second-order valence-corrected chi connectivity index (χ2v) is 30.9. The van der Waals surface area contributed by atoms with Crippen molar-refractivity contribution in [2.75, 3.05) is 39.3 Å². The highest BCUT2D eigenvalue weighted by Crippen LogP contribution is 2.71. The van der Waals surface area contributed by atoms with E-state index in [-0.39, 0.29) is 171 Å². The molecule has 0 bridgehead atoms. The van der Waals surface area contributed by atoms with Gasteiger partial charge in [-0.05, 0) is 179 Å². The van der Waals surface area contributed by atoms with Crippen molar-refractivity contribution in [1.82, 2.24) is 40.6 Å². The molecule has 2 heterocycles. The standard InChI is InChI=1S/C69H110N14O14/c1-38(46-10-12-48-64-50(26-54(68(46,48)5)96-62(90)32-74)66(3)18-16-44(92-58(86)28-70)22-40(66)24-52(64)94-60(88)30-72)8-14-56(84)76-34-42-36-82(80-78-42)20-7-21-83-37-43(79-81-83)35-77-57(85)15-9-39(2)47-11-13-49-65-51(27-55(69(47,49)6)97-63(91)33-75)67(4)19-17-45(93-59(87)29-71)23-41(67)25-53(65)95-61(89)31-73/h36-41,44-55,64-65H,7-35,70-75H2,1-6H3,(H,76,84)(H,77,85)/t38-,39-,40+,41+,44-,45-,46-,47-,48+,49+,50+,51+,52-,53-,54+,55+,64+,65+,66+,67+,68-,69-/m1/s1. The molecule has 10 rings (SSSR count). The van der Waals surface area contributed by atoms with E-state index in [1.54, 1.807) is 9.36 Å². The fraction of sp³-hybridized carbons (Fsp3) is 0.826. The molecule has 28 heteroatoms. The molecular weight excluding hydrogens is 1250 g/mol. The molecule has 8 fully saturated rings. The molecule has 2 aromatic rings. The maximum absolute atomic E-state index is 13.5. The van der Waals surface area contributed by atoms with Gasteiger partial charge in [-0.3, -0.25) is 47.7 Å². The summed E-state index contributed by atoms with van der Waals surface area (Å²) in [4.78, 5) is 104. The monoisotopic (exact) mass is 1360 g/mol. The highest BCUT2D eigenvalue weighted by atomic mass is 16.6. The van der Waals surface area contributed by atoms with Crippen LogP contribution >= 0.6 is 0 Å². The van der Waals surface area contributed by atoms with E-state index >= 15 is 0 Å². The average molecular weight is 1360 g/mol. The Bertz CT molecular complexity index is 2930. The quantitative estimate of drug-likeness (QED) is 0.0448. The first-order valence-electron chi connectivity index (χ1n) is 36.0. The number of nitrogens with zero attached hydrogens (tertiary/aromatic N) is 6. The van der Waals surface area contributed by atoms with Crippen LogP contribution in [0.25, 0.3) is 0 Å². The summed E-state index contributed by atoms with van der Waals surface area (Å²) in [6.45, 7) is 13.5. The van der Waals surface area contributed by atoms with Crippen LogP contribution in [0.1, 0.15) is 175 Å². The zero-order valence-corrected chi connectivity index (χ0v) is 57.9. The Balaban J connectivity index is 0.676. The Morgan fingerprint density at radius 1 is 0.485 bits per heavy atom. The molecule has 8 aliphatic carbocycles. The predicted octanol–water partition coefficient (Wildman–Crippen LogP) is 3.01. The lowest BCUT2D eigenvalue weighted by Crippen LogP contribution is -2.63. The number of carbonyl (C=O) groups is 8. The van der Waals surface area contributed by atoms with Crippen molar-refractivity contribution in [3.8, 4) is 0 Å². The molecule has 2 amide bonds. The molecule has 8 saturated carbocycles. The molecule has 0 unspecified atom stereocenters. The summed E-state index contributed by atoms with van der Waals surface area (Å²) in [6, 6.07) is 0. The third-order valence-electron chi connectivity index (χ3n) is 26.1. The number of nitrogens with one attached hydrogen (secondary N) is 2. The van der Waals surface area contributed by atoms with Crippen molar-refractivity contribution in [2.45, 2.75) is 226 Å². The van der Waals surface area contributed by atoms with E-state index in [1.165, 1.54) is 0 Å². The molecule has 0 saturated heterocycles. The van der Waals surface area contributed by atoms with Crippen LogP contribution < -0.4 is 45.0 Å². The number of amides is 2. The van der Waals surface area contributed by atoms with E-state index in [0.717, 1.165) is 38.5 Å². The molecule has 0 radical (unpaired) electrons. The van der Waals surface area contributed by atoms with Gasteiger partial charge in [0, 0.05) is 48.6 Å². The van der Waals surface area contributed by atoms with Crippen LogP contribution in [0.5, 0.6) is 0 Å². The van der Waals surface area contributed by atoms with Crippen molar-refractivity contribution < 1.29 is 66.8 Å². The van der Waals surface area contributed by atoms with Gasteiger partial charge in [0.2, 0.25) is 11.8 Å². The number of rotatable bonds is 28. The average Bonchev–Trinajstić information content (AvgIpc) is 1.68. The molecule has 14 N–H and O–H groups in total. The molecule has 0 aliphatic heterocycles. The van der Waals surface area contributed by atoms with Crippen molar-refractivity contribution in [3.05, 3.63) is 23.8 Å². The Morgan fingerprint density at radius 2 is 0.845 bits per heavy atom. The molecular formula is C69H110N14O14. The summed E-state index contributed by atoms with van der Waals surface area (Å²) in [5.74, 6) is -2.29. The van der Waals surface area contributed by atoms with E-state index in [4.69, 9.17) is 62.8 Å². The molecule has 22 atom stereocenters. The van der Waals surface area contributed by atoms with Crippen molar-refractivity contribution in [3.63, 3.8) is 0 Å². The number of hydrogen-bond donors (Lipinski definition) is 8. The fourth-order valence-corrected chi connectivity index (χ4v) is 21.4. The molecule has 8 aliphatic rings. The molecule has 97 heavy (non-hydrogen) atoms. The summed E-state index contributed by atoms with van der Waals surface area (Å²) in [5.41, 5.74) is 34.6. The Morgan fingerprint density at radius 3 is 1.22 bits per heavy atom. The SMILES string of the molecule is C[C@H](CCC(=O)NCc1cn(CCCn2cc(CNC(=O)CC[C@@H](C)[C@H]3CC[C@H]4[C@@H]5[C@H](OC(=O)CN)C[C@@H]6C[C@H](OC(=O)CN)CC[C@]6(C)[C@H]5C[C@H](OC(=O)CN)[C@]34C)nn2)nn1)[C@H]1CC[C@H]2[C@@H]3[C@H](OC(=O)CN)C[C@@H]4C[C@H](OC(=O)CN)CC[C@]4(C)[C@H]3C[C@H](OC(=O)CN)[C@]12C. The van der Waals surface area contributed by atoms with E-state index in [2.05, 4.69) is 72.8 Å². The molecule has 540 valence electrons. The Labute approximate surface area is 569 Å². The van der Waals surface area contributed by atoms with Gasteiger partial charge < -0.3 is 73.5 Å². The maximum atomic E-state index is 13.5. The van der Waals surface area contributed by atoms with Crippen molar-refractivity contribution in [1.29, 1.82) is 0 Å². The van der Waals surface area contributed by atoms with Crippen LogP contribution in [0, 0.1) is 92.7 Å². The highest BCUT2D eigenvalue weighted by molar-refractivity contribution is 5.76. The number of nitrogens with two attached hydrogens (primary N) is 6. The summed E-state index contributed by atoms with van der Waals surface area (Å²) >= 11 is 0. The smallest absolute Gasteiger partial charge is 0.319 e. The highest BCUT2D eigenvalue weighted by Gasteiger charge is 2.70. The first-order chi connectivity index (χ1) is 46.3. The van der Waals surface area contributed by atoms with E-state index < -0.39 is 71.1 Å². The lowest BCUT2D eigenvalue weighted by Gasteiger charge is -2.64. The van der Waals surface area contributed by atoms with Gasteiger partial charge in [-0.2, -0.15) is 0 Å². The number of hydrogen-bond acceptors (Lipinski definition) is 24. The Kier molecular flexibility index (Phi) is 23.6. The normalized spacial score (nSPS) is 36.1. The topological polar surface area (TPSA) is 434 Å². The van der Waals surface area contributed by atoms with Gasteiger partial charge in [-0.15, -0.1) is 10.2 Å². The van der Waals surface area contributed by atoms with E-state index in [0.29, 0.717) is 95.1 Å². The molecule has 0 spiro atoms. The zero-order chi connectivity index (χ0) is 69.7. The fourth-order valence-electron chi connectivity index (χ4n) is 21.4. The van der Waals surface area contributed by atoms with Crippen LogP contribution in [0.2, 0.25) is 0 Å². The summed E-state index contributed by atoms with van der Waals surface area (Å²) in [7, 11) is 0. The lowest BCUT2D eigenvalue weighted by atomic mass is 9.43. The van der Waals surface area contributed by atoms with Crippen LogP contribution in [-0.4, -0.2) is 154 Å². The minimum atomic E-state index is -0.492. The number of aromatic nitrogens is 6. The van der Waals surface area contributed by atoms with Gasteiger partial charge in [0.05, 0.1) is 64.8 Å². The maximum Gasteiger partial charge on any atom is 0.319 e.